The minimum absolute atomic E-state index is 0.148. The van der Waals surface area contributed by atoms with Gasteiger partial charge in [-0.1, -0.05) is 81.4 Å². The Hall–Kier alpha value is -1.54. The molecule has 4 atom stereocenters. The highest BCUT2D eigenvalue weighted by Gasteiger charge is 2.61. The maximum atomic E-state index is 11.3. The predicted molar refractivity (Wildman–Crippen MR) is 123 cm³/mol. The third kappa shape index (κ3) is 3.90. The normalized spacial score (nSPS) is 30.4. The van der Waals surface area contributed by atoms with Crippen molar-refractivity contribution in [3.8, 4) is 0 Å². The number of hydrogen-bond donors (Lipinski definition) is 1. The van der Waals surface area contributed by atoms with Gasteiger partial charge in [-0.15, -0.1) is 0 Å². The van der Waals surface area contributed by atoms with Crippen LogP contribution in [0.4, 0.5) is 0 Å². The number of rotatable bonds is 5. The molecule has 0 radical (unpaired) electrons. The van der Waals surface area contributed by atoms with Crippen LogP contribution in [0.15, 0.2) is 60.7 Å². The second-order valence-electron chi connectivity index (χ2n) is 10.2. The topological polar surface area (TPSA) is 57.2 Å². The van der Waals surface area contributed by atoms with Gasteiger partial charge in [0, 0.05) is 0 Å². The van der Waals surface area contributed by atoms with Crippen molar-refractivity contribution in [3.63, 3.8) is 0 Å². The molecule has 2 aromatic rings. The van der Waals surface area contributed by atoms with E-state index in [-0.39, 0.29) is 11.6 Å². The van der Waals surface area contributed by atoms with E-state index in [1.165, 1.54) is 10.4 Å². The Kier molecular flexibility index (Phi) is 5.69. The number of ether oxygens (including phenoxy) is 3. The van der Waals surface area contributed by atoms with E-state index in [4.69, 9.17) is 18.6 Å². The molecule has 1 N–H and O–H groups in total. The van der Waals surface area contributed by atoms with Crippen LogP contribution >= 0.6 is 0 Å². The lowest BCUT2D eigenvalue weighted by molar-refractivity contribution is -0.230. The van der Waals surface area contributed by atoms with Crippen molar-refractivity contribution < 1.29 is 23.7 Å². The van der Waals surface area contributed by atoms with Crippen LogP contribution in [0.3, 0.4) is 0 Å². The first-order valence-corrected chi connectivity index (χ1v) is 12.9. The zero-order chi connectivity index (χ0) is 22.5. The fourth-order valence-corrected chi connectivity index (χ4v) is 9.43. The number of benzene rings is 2. The molecule has 0 aliphatic carbocycles. The van der Waals surface area contributed by atoms with Crippen molar-refractivity contribution >= 4 is 18.7 Å². The van der Waals surface area contributed by atoms with Crippen LogP contribution in [-0.4, -0.2) is 49.9 Å². The molecular formula is C25H34O5Si. The lowest BCUT2D eigenvalue weighted by atomic mass is 9.95. The largest absolute Gasteiger partial charge is 0.405 e. The molecule has 0 saturated carbocycles. The molecule has 5 nitrogen and oxygen atoms in total. The van der Waals surface area contributed by atoms with Crippen molar-refractivity contribution in [1.29, 1.82) is 0 Å². The lowest BCUT2D eigenvalue weighted by Gasteiger charge is -2.44. The van der Waals surface area contributed by atoms with E-state index in [1.54, 1.807) is 6.92 Å². The monoisotopic (exact) mass is 442 g/mol. The van der Waals surface area contributed by atoms with Crippen molar-refractivity contribution in [2.45, 2.75) is 76.5 Å². The summed E-state index contributed by atoms with van der Waals surface area (Å²) in [6, 6.07) is 20.9. The molecule has 0 amide bonds. The van der Waals surface area contributed by atoms with Gasteiger partial charge in [-0.05, 0) is 36.2 Å². The highest BCUT2D eigenvalue weighted by Crippen LogP contribution is 2.44. The van der Waals surface area contributed by atoms with Crippen LogP contribution in [0.5, 0.6) is 0 Å². The van der Waals surface area contributed by atoms with Gasteiger partial charge in [0.05, 0.1) is 6.61 Å². The third-order valence-corrected chi connectivity index (χ3v) is 11.5. The average molecular weight is 443 g/mol. The van der Waals surface area contributed by atoms with E-state index in [9.17, 15) is 5.11 Å². The molecule has 2 saturated heterocycles. The van der Waals surface area contributed by atoms with E-state index < -0.39 is 38.2 Å². The van der Waals surface area contributed by atoms with Gasteiger partial charge in [-0.2, -0.15) is 0 Å². The van der Waals surface area contributed by atoms with Gasteiger partial charge in [-0.3, -0.25) is 0 Å². The molecule has 6 heteroatoms. The van der Waals surface area contributed by atoms with E-state index in [2.05, 4.69) is 69.3 Å². The van der Waals surface area contributed by atoms with Gasteiger partial charge in [0.15, 0.2) is 12.1 Å². The Balaban J connectivity index is 1.69. The Morgan fingerprint density at radius 2 is 1.42 bits per heavy atom. The Morgan fingerprint density at radius 1 is 0.903 bits per heavy atom. The van der Waals surface area contributed by atoms with Crippen molar-refractivity contribution in [1.82, 2.24) is 0 Å². The lowest BCUT2D eigenvalue weighted by Crippen LogP contribution is -2.67. The summed E-state index contributed by atoms with van der Waals surface area (Å²) in [6.45, 7) is 12.4. The SMILES string of the molecule is CC1(C)OC2OC(CO[Si](c3ccccc3)(c3ccccc3)C(C)(C)C)C(C)(O)[C@H]2O1. The minimum Gasteiger partial charge on any atom is -0.405 e. The van der Waals surface area contributed by atoms with Crippen molar-refractivity contribution in [2.24, 2.45) is 0 Å². The summed E-state index contributed by atoms with van der Waals surface area (Å²) in [5, 5.41) is 13.5. The average Bonchev–Trinajstić information content (AvgIpc) is 3.13. The summed E-state index contributed by atoms with van der Waals surface area (Å²) in [5.74, 6) is -0.775. The molecule has 2 aliphatic heterocycles. The van der Waals surface area contributed by atoms with E-state index >= 15 is 0 Å². The van der Waals surface area contributed by atoms with Crippen LogP contribution in [0.2, 0.25) is 5.04 Å². The van der Waals surface area contributed by atoms with Gasteiger partial charge in [0.25, 0.3) is 8.32 Å². The fraction of sp³-hybridized carbons (Fsp3) is 0.520. The van der Waals surface area contributed by atoms with E-state index in [1.807, 2.05) is 26.0 Å². The first-order valence-electron chi connectivity index (χ1n) is 11.0. The van der Waals surface area contributed by atoms with Crippen LogP contribution in [0.25, 0.3) is 0 Å². The van der Waals surface area contributed by atoms with Crippen LogP contribution in [0.1, 0.15) is 41.5 Å². The maximum absolute atomic E-state index is 11.3. The van der Waals surface area contributed by atoms with Gasteiger partial charge in [0.1, 0.15) is 17.8 Å². The van der Waals surface area contributed by atoms with E-state index in [0.29, 0.717) is 0 Å². The molecule has 31 heavy (non-hydrogen) atoms. The summed E-state index contributed by atoms with van der Waals surface area (Å²) < 4.78 is 24.9. The first kappa shape index (κ1) is 22.6. The second-order valence-corrected chi connectivity index (χ2v) is 14.6. The van der Waals surface area contributed by atoms with Crippen molar-refractivity contribution in [2.75, 3.05) is 6.61 Å². The zero-order valence-corrected chi connectivity index (χ0v) is 20.3. The van der Waals surface area contributed by atoms with Gasteiger partial charge in [-0.25, -0.2) is 0 Å². The molecule has 2 fully saturated rings. The number of aliphatic hydroxyl groups is 1. The smallest absolute Gasteiger partial charge is 0.261 e. The maximum Gasteiger partial charge on any atom is 0.261 e. The van der Waals surface area contributed by atoms with Gasteiger partial charge < -0.3 is 23.7 Å². The second kappa shape index (κ2) is 7.80. The molecular weight excluding hydrogens is 408 g/mol. The molecule has 3 unspecified atom stereocenters. The van der Waals surface area contributed by atoms with Crippen LogP contribution in [-0.2, 0) is 18.6 Å². The summed E-state index contributed by atoms with van der Waals surface area (Å²) in [6.07, 6.45) is -1.70. The zero-order valence-electron chi connectivity index (χ0n) is 19.3. The third-order valence-electron chi connectivity index (χ3n) is 6.45. The number of hydrogen-bond acceptors (Lipinski definition) is 5. The molecule has 2 aromatic carbocycles. The first-order chi connectivity index (χ1) is 14.5. The fourth-order valence-electron chi connectivity index (χ4n) is 4.88. The standard InChI is InChI=1S/C25H34O5Si/c1-23(2,3)31(18-13-9-7-10-14-18,19-15-11-8-12-16-19)27-17-20-25(6,26)21-22(28-20)30-24(4,5)29-21/h7-16,20-22,26H,17H2,1-6H3/t20?,21-,22?,25?/m0/s1. The summed E-state index contributed by atoms with van der Waals surface area (Å²) in [5.41, 5.74) is -1.22. The predicted octanol–water partition coefficient (Wildman–Crippen LogP) is 3.19. The summed E-state index contributed by atoms with van der Waals surface area (Å²) >= 11 is 0. The summed E-state index contributed by atoms with van der Waals surface area (Å²) in [4.78, 5) is 0. The molecule has 4 rings (SSSR count). The molecule has 2 aliphatic rings. The summed E-state index contributed by atoms with van der Waals surface area (Å²) in [7, 11) is -2.72. The Labute approximate surface area is 186 Å². The molecule has 0 aromatic heterocycles. The molecule has 0 spiro atoms. The highest BCUT2D eigenvalue weighted by molar-refractivity contribution is 6.99. The van der Waals surface area contributed by atoms with Crippen molar-refractivity contribution in [3.05, 3.63) is 60.7 Å². The quantitative estimate of drug-likeness (QED) is 0.721. The Bertz CT molecular complexity index is 852. The highest BCUT2D eigenvalue weighted by atomic mass is 28.4. The number of fused-ring (bicyclic) bond motifs is 1. The van der Waals surface area contributed by atoms with Gasteiger partial charge in [0.2, 0.25) is 0 Å². The van der Waals surface area contributed by atoms with Gasteiger partial charge >= 0.3 is 0 Å². The Morgan fingerprint density at radius 3 is 1.87 bits per heavy atom. The molecule has 168 valence electrons. The van der Waals surface area contributed by atoms with Crippen LogP contribution in [0, 0.1) is 0 Å². The molecule has 0 bridgehead atoms. The van der Waals surface area contributed by atoms with Crippen LogP contribution < -0.4 is 10.4 Å². The van der Waals surface area contributed by atoms with E-state index in [0.717, 1.165) is 0 Å². The molecule has 2 heterocycles. The minimum atomic E-state index is -2.72.